The van der Waals surface area contributed by atoms with Crippen LogP contribution in [0, 0.1) is 5.92 Å². The Kier molecular flexibility index (Phi) is 3.45. The van der Waals surface area contributed by atoms with E-state index >= 15 is 0 Å². The quantitative estimate of drug-likeness (QED) is 0.930. The lowest BCUT2D eigenvalue weighted by Gasteiger charge is -2.12. The van der Waals surface area contributed by atoms with Crippen molar-refractivity contribution in [3.05, 3.63) is 53.2 Å². The molecule has 1 N–H and O–H groups in total. The Bertz CT molecular complexity index is 809. The molecule has 1 amide bonds. The third-order valence-electron chi connectivity index (χ3n) is 6.17. The van der Waals surface area contributed by atoms with Gasteiger partial charge in [-0.2, -0.15) is 0 Å². The molecule has 3 atom stereocenters. The fourth-order valence-corrected chi connectivity index (χ4v) is 4.74. The summed E-state index contributed by atoms with van der Waals surface area (Å²) in [5, 5.41) is 3.08. The van der Waals surface area contributed by atoms with Gasteiger partial charge in [0.15, 0.2) is 17.8 Å². The van der Waals surface area contributed by atoms with Crippen LogP contribution in [0.2, 0.25) is 0 Å². The minimum absolute atomic E-state index is 0.128. The molecule has 3 aliphatic rings. The zero-order valence-corrected chi connectivity index (χ0v) is 14.2. The van der Waals surface area contributed by atoms with Crippen LogP contribution in [0.1, 0.15) is 59.2 Å². The highest BCUT2D eigenvalue weighted by atomic mass is 16.5. The van der Waals surface area contributed by atoms with Crippen LogP contribution in [0.15, 0.2) is 35.1 Å². The maximum Gasteiger partial charge on any atom is 0.273 e. The van der Waals surface area contributed by atoms with Gasteiger partial charge < -0.3 is 14.5 Å². The Morgan fingerprint density at radius 3 is 3.16 bits per heavy atom. The van der Waals surface area contributed by atoms with Gasteiger partial charge in [-0.25, -0.2) is 4.98 Å². The number of amides is 1. The summed E-state index contributed by atoms with van der Waals surface area (Å²) in [7, 11) is 0. The lowest BCUT2D eigenvalue weighted by Crippen LogP contribution is -2.28. The maximum absolute atomic E-state index is 12.6. The molecule has 0 bridgehead atoms. The number of ether oxygens (including phenoxy) is 1. The third-order valence-corrected chi connectivity index (χ3v) is 6.17. The molecule has 2 heterocycles. The van der Waals surface area contributed by atoms with Crippen LogP contribution in [0.25, 0.3) is 0 Å². The molecule has 1 aliphatic heterocycles. The van der Waals surface area contributed by atoms with Crippen molar-refractivity contribution in [1.82, 2.24) is 10.3 Å². The second-order valence-corrected chi connectivity index (χ2v) is 7.49. The van der Waals surface area contributed by atoms with Crippen LogP contribution < -0.4 is 5.32 Å². The van der Waals surface area contributed by atoms with Gasteiger partial charge in [0, 0.05) is 18.6 Å². The van der Waals surface area contributed by atoms with Gasteiger partial charge in [0.05, 0.1) is 0 Å². The van der Waals surface area contributed by atoms with Gasteiger partial charge in [-0.1, -0.05) is 24.3 Å². The second kappa shape index (κ2) is 5.70. The molecule has 2 aliphatic carbocycles. The summed E-state index contributed by atoms with van der Waals surface area (Å²) in [5.74, 6) is 0.956. The molecule has 1 aromatic carbocycles. The van der Waals surface area contributed by atoms with Crippen LogP contribution in [0.3, 0.4) is 0 Å². The average Bonchev–Trinajstić information content (AvgIpc) is 3.08. The van der Waals surface area contributed by atoms with E-state index in [2.05, 4.69) is 34.6 Å². The molecule has 130 valence electrons. The minimum Gasteiger partial charge on any atom is -0.445 e. The van der Waals surface area contributed by atoms with Crippen molar-refractivity contribution in [1.29, 1.82) is 0 Å². The second-order valence-electron chi connectivity index (χ2n) is 7.49. The van der Waals surface area contributed by atoms with Crippen molar-refractivity contribution < 1.29 is 13.9 Å². The molecule has 1 saturated heterocycles. The number of hydrogen-bond donors (Lipinski definition) is 1. The molecule has 1 saturated carbocycles. The molecule has 0 unspecified atom stereocenters. The Morgan fingerprint density at radius 2 is 2.28 bits per heavy atom. The smallest absolute Gasteiger partial charge is 0.273 e. The summed E-state index contributed by atoms with van der Waals surface area (Å²) in [6.45, 7) is 1.42. The first-order valence-electron chi connectivity index (χ1n) is 9.19. The van der Waals surface area contributed by atoms with E-state index in [1.165, 1.54) is 30.4 Å². The number of aryl methyl sites for hydroxylation is 1. The van der Waals surface area contributed by atoms with Crippen LogP contribution >= 0.6 is 0 Å². The monoisotopic (exact) mass is 338 g/mol. The van der Waals surface area contributed by atoms with Gasteiger partial charge in [-0.3, -0.25) is 4.79 Å². The number of benzene rings is 1. The van der Waals surface area contributed by atoms with Gasteiger partial charge in [0.1, 0.15) is 6.10 Å². The molecule has 5 heteroatoms. The lowest BCUT2D eigenvalue weighted by atomic mass is 9.95. The minimum atomic E-state index is -0.146. The van der Waals surface area contributed by atoms with E-state index in [0.717, 1.165) is 25.9 Å². The van der Waals surface area contributed by atoms with Crippen molar-refractivity contribution in [3.8, 4) is 0 Å². The van der Waals surface area contributed by atoms with Crippen molar-refractivity contribution in [3.63, 3.8) is 0 Å². The normalized spacial score (nSPS) is 29.8. The summed E-state index contributed by atoms with van der Waals surface area (Å²) in [6.07, 6.45) is 6.64. The lowest BCUT2D eigenvalue weighted by molar-refractivity contribution is 0.0860. The summed E-state index contributed by atoms with van der Waals surface area (Å²) in [6, 6.07) is 8.75. The molecule has 1 aromatic heterocycles. The van der Waals surface area contributed by atoms with E-state index < -0.39 is 0 Å². The molecule has 1 spiro atoms. The Balaban J connectivity index is 1.25. The van der Waals surface area contributed by atoms with Crippen molar-refractivity contribution in [2.75, 3.05) is 13.2 Å². The van der Waals surface area contributed by atoms with Gasteiger partial charge in [0.25, 0.3) is 5.91 Å². The van der Waals surface area contributed by atoms with Crippen LogP contribution in [-0.4, -0.2) is 24.0 Å². The Morgan fingerprint density at radius 1 is 1.36 bits per heavy atom. The van der Waals surface area contributed by atoms with Crippen LogP contribution in [-0.2, 0) is 16.6 Å². The number of oxazole rings is 1. The molecule has 25 heavy (non-hydrogen) atoms. The predicted molar refractivity (Wildman–Crippen MR) is 91.3 cm³/mol. The number of carbonyl (C=O) groups excluding carboxylic acids is 1. The van der Waals surface area contributed by atoms with E-state index in [9.17, 15) is 4.79 Å². The van der Waals surface area contributed by atoms with Gasteiger partial charge in [0.2, 0.25) is 0 Å². The topological polar surface area (TPSA) is 64.4 Å². The first-order valence-corrected chi connectivity index (χ1v) is 9.19. The third kappa shape index (κ3) is 2.41. The number of aromatic nitrogens is 1. The summed E-state index contributed by atoms with van der Waals surface area (Å²) in [4.78, 5) is 16.7. The number of rotatable bonds is 4. The number of nitrogens with zero attached hydrogens (tertiary/aromatic N) is 1. The molecule has 2 fully saturated rings. The summed E-state index contributed by atoms with van der Waals surface area (Å²) < 4.78 is 11.1. The highest BCUT2D eigenvalue weighted by Gasteiger charge is 2.57. The predicted octanol–water partition coefficient (Wildman–Crippen LogP) is 3.16. The zero-order valence-electron chi connectivity index (χ0n) is 14.2. The van der Waals surface area contributed by atoms with Gasteiger partial charge >= 0.3 is 0 Å². The fraction of sp³-hybridized carbons (Fsp3) is 0.500. The summed E-state index contributed by atoms with van der Waals surface area (Å²) >= 11 is 0. The standard InChI is InChI=1S/C20H22N2O3/c23-19(17-18(25-12-22-17)16-6-3-9-24-16)21-11-14-10-20(14)8-7-13-4-1-2-5-15(13)20/h1-2,4-5,12,14,16H,3,6-11H2,(H,21,23)/t14-,16+,20+/m0/s1. The van der Waals surface area contributed by atoms with Crippen LogP contribution in [0.4, 0.5) is 0 Å². The fourth-order valence-electron chi connectivity index (χ4n) is 4.74. The first kappa shape index (κ1) is 15.1. The molecule has 2 aromatic rings. The number of fused-ring (bicyclic) bond motifs is 2. The van der Waals surface area contributed by atoms with E-state index in [0.29, 0.717) is 29.3 Å². The number of hydrogen-bond acceptors (Lipinski definition) is 4. The van der Waals surface area contributed by atoms with E-state index in [1.807, 2.05) is 0 Å². The van der Waals surface area contributed by atoms with E-state index in [-0.39, 0.29) is 12.0 Å². The molecular formula is C20H22N2O3. The summed E-state index contributed by atoms with van der Waals surface area (Å²) in [5.41, 5.74) is 3.66. The molecule has 0 radical (unpaired) electrons. The number of nitrogens with one attached hydrogen (secondary N) is 1. The van der Waals surface area contributed by atoms with Crippen molar-refractivity contribution in [2.24, 2.45) is 5.92 Å². The molecule has 5 nitrogen and oxygen atoms in total. The molecular weight excluding hydrogens is 316 g/mol. The van der Waals surface area contributed by atoms with Gasteiger partial charge in [-0.15, -0.1) is 0 Å². The average molecular weight is 338 g/mol. The highest BCUT2D eigenvalue weighted by Crippen LogP contribution is 2.61. The number of carbonyl (C=O) groups is 1. The highest BCUT2D eigenvalue weighted by molar-refractivity contribution is 5.93. The maximum atomic E-state index is 12.6. The zero-order chi connectivity index (χ0) is 16.9. The first-order chi connectivity index (χ1) is 12.3. The van der Waals surface area contributed by atoms with E-state index in [1.54, 1.807) is 0 Å². The Labute approximate surface area is 146 Å². The van der Waals surface area contributed by atoms with Crippen LogP contribution in [0.5, 0.6) is 0 Å². The Hall–Kier alpha value is -2.14. The van der Waals surface area contributed by atoms with Crippen molar-refractivity contribution in [2.45, 2.75) is 43.6 Å². The van der Waals surface area contributed by atoms with Gasteiger partial charge in [-0.05, 0) is 49.1 Å². The van der Waals surface area contributed by atoms with E-state index in [4.69, 9.17) is 9.15 Å². The van der Waals surface area contributed by atoms with Crippen molar-refractivity contribution >= 4 is 5.91 Å². The SMILES string of the molecule is O=C(NC[C@@H]1C[C@]12CCc1ccccc12)c1ncoc1[C@H]1CCCO1. The largest absolute Gasteiger partial charge is 0.445 e. The molecule has 5 rings (SSSR count).